The molecule has 1 aromatic carbocycles. The number of carbonyl (C=O) groups excluding carboxylic acids is 1. The van der Waals surface area contributed by atoms with Crippen LogP contribution in [0.1, 0.15) is 28.2 Å². The molecule has 0 radical (unpaired) electrons. The third-order valence-corrected chi connectivity index (χ3v) is 5.41. The molecular formula is C22H20F2N6O2. The number of rotatable bonds is 4. The number of aromatic nitrogens is 3. The van der Waals surface area contributed by atoms with Crippen molar-refractivity contribution in [1.82, 2.24) is 19.4 Å². The van der Waals surface area contributed by atoms with Crippen LogP contribution in [-0.2, 0) is 0 Å². The summed E-state index contributed by atoms with van der Waals surface area (Å²) in [5.41, 5.74) is 6.99. The fraction of sp³-hybridized carbons (Fsp3) is 0.273. The van der Waals surface area contributed by atoms with Crippen LogP contribution >= 0.6 is 0 Å². The fourth-order valence-electron chi connectivity index (χ4n) is 3.77. The van der Waals surface area contributed by atoms with Crippen molar-refractivity contribution in [3.63, 3.8) is 0 Å². The molecule has 32 heavy (non-hydrogen) atoms. The maximum atomic E-state index is 14.4. The number of likely N-dealkylation sites (tertiary alicyclic amines) is 1. The number of pyridine rings is 1. The van der Waals surface area contributed by atoms with Crippen LogP contribution in [0.5, 0.6) is 5.88 Å². The van der Waals surface area contributed by atoms with E-state index in [-0.39, 0.29) is 40.6 Å². The number of nitrogens with zero attached hydrogens (tertiary/aromatic N) is 5. The van der Waals surface area contributed by atoms with E-state index in [9.17, 15) is 13.6 Å². The molecule has 0 saturated carbocycles. The van der Waals surface area contributed by atoms with E-state index in [1.165, 1.54) is 36.1 Å². The van der Waals surface area contributed by atoms with E-state index in [4.69, 9.17) is 15.7 Å². The summed E-state index contributed by atoms with van der Waals surface area (Å²) in [4.78, 5) is 23.2. The molecule has 3 aromatic rings. The Labute approximate surface area is 182 Å². The van der Waals surface area contributed by atoms with Gasteiger partial charge in [-0.2, -0.15) is 5.26 Å². The van der Waals surface area contributed by atoms with Crippen LogP contribution in [0.25, 0.3) is 17.1 Å². The van der Waals surface area contributed by atoms with Gasteiger partial charge in [-0.05, 0) is 31.5 Å². The van der Waals surface area contributed by atoms with Gasteiger partial charge in [-0.3, -0.25) is 9.36 Å². The van der Waals surface area contributed by atoms with E-state index >= 15 is 0 Å². The standard InChI is InChI=1S/C22H20F2N6O2/c1-12-19(22(31)29-6-5-15(26)11-29)28-20(13-3-4-14(9-25)17(23)7-13)30(12)16-8-18(24)21(32-2)27-10-16/h3-4,7-8,10,15H,5-6,11,26H2,1-2H3/t15-/m1/s1. The predicted molar refractivity (Wildman–Crippen MR) is 111 cm³/mol. The molecule has 1 amide bonds. The topological polar surface area (TPSA) is 110 Å². The van der Waals surface area contributed by atoms with Gasteiger partial charge in [-0.1, -0.05) is 0 Å². The summed E-state index contributed by atoms with van der Waals surface area (Å²) in [5, 5.41) is 9.02. The van der Waals surface area contributed by atoms with Crippen LogP contribution in [0, 0.1) is 29.9 Å². The van der Waals surface area contributed by atoms with Gasteiger partial charge in [0, 0.05) is 30.8 Å². The van der Waals surface area contributed by atoms with Gasteiger partial charge in [-0.25, -0.2) is 18.7 Å². The highest BCUT2D eigenvalue weighted by molar-refractivity contribution is 5.94. The Hall–Kier alpha value is -3.84. The number of nitriles is 1. The fourth-order valence-corrected chi connectivity index (χ4v) is 3.77. The van der Waals surface area contributed by atoms with Crippen molar-refractivity contribution in [3.8, 4) is 29.0 Å². The minimum absolute atomic E-state index is 0.103. The van der Waals surface area contributed by atoms with Crippen molar-refractivity contribution in [2.75, 3.05) is 20.2 Å². The van der Waals surface area contributed by atoms with Gasteiger partial charge in [-0.15, -0.1) is 0 Å². The van der Waals surface area contributed by atoms with Crippen LogP contribution in [0.15, 0.2) is 30.5 Å². The zero-order chi connectivity index (χ0) is 23.0. The average Bonchev–Trinajstić information content (AvgIpc) is 3.36. The highest BCUT2D eigenvalue weighted by atomic mass is 19.1. The normalized spacial score (nSPS) is 15.6. The predicted octanol–water partition coefficient (Wildman–Crippen LogP) is 2.57. The number of hydrogen-bond acceptors (Lipinski definition) is 6. The van der Waals surface area contributed by atoms with Crippen molar-refractivity contribution in [2.24, 2.45) is 5.73 Å². The van der Waals surface area contributed by atoms with Crippen LogP contribution in [0.4, 0.5) is 8.78 Å². The van der Waals surface area contributed by atoms with E-state index in [1.807, 2.05) is 0 Å². The van der Waals surface area contributed by atoms with E-state index in [0.29, 0.717) is 30.8 Å². The van der Waals surface area contributed by atoms with Gasteiger partial charge >= 0.3 is 0 Å². The third kappa shape index (κ3) is 3.67. The number of ether oxygens (including phenoxy) is 1. The van der Waals surface area contributed by atoms with Crippen LogP contribution in [0.2, 0.25) is 0 Å². The van der Waals surface area contributed by atoms with E-state index in [1.54, 1.807) is 17.9 Å². The molecule has 4 rings (SSSR count). The molecule has 0 aliphatic carbocycles. The molecule has 0 spiro atoms. The first-order valence-corrected chi connectivity index (χ1v) is 9.88. The molecule has 1 saturated heterocycles. The summed E-state index contributed by atoms with van der Waals surface area (Å²) in [5.74, 6) is -1.71. The van der Waals surface area contributed by atoms with Gasteiger partial charge in [0.15, 0.2) is 5.82 Å². The van der Waals surface area contributed by atoms with E-state index < -0.39 is 11.6 Å². The monoisotopic (exact) mass is 438 g/mol. The molecule has 1 atom stereocenters. The zero-order valence-electron chi connectivity index (χ0n) is 17.5. The van der Waals surface area contributed by atoms with Crippen molar-refractivity contribution in [1.29, 1.82) is 5.26 Å². The average molecular weight is 438 g/mol. The highest BCUT2D eigenvalue weighted by Gasteiger charge is 2.30. The van der Waals surface area contributed by atoms with Crippen LogP contribution in [-0.4, -0.2) is 51.6 Å². The number of carbonyl (C=O) groups is 1. The summed E-state index contributed by atoms with van der Waals surface area (Å²) < 4.78 is 35.2. The summed E-state index contributed by atoms with van der Waals surface area (Å²) in [6, 6.07) is 6.87. The molecular weight excluding hydrogens is 418 g/mol. The Kier molecular flexibility index (Phi) is 5.59. The minimum Gasteiger partial charge on any atom is -0.479 e. The molecule has 1 aliphatic heterocycles. The van der Waals surface area contributed by atoms with Gasteiger partial charge in [0.2, 0.25) is 5.88 Å². The van der Waals surface area contributed by atoms with Gasteiger partial charge in [0.25, 0.3) is 5.91 Å². The Bertz CT molecular complexity index is 1250. The molecule has 2 aromatic heterocycles. The lowest BCUT2D eigenvalue weighted by Crippen LogP contribution is -2.32. The van der Waals surface area contributed by atoms with Gasteiger partial charge < -0.3 is 15.4 Å². The second kappa shape index (κ2) is 8.36. The molecule has 3 heterocycles. The maximum Gasteiger partial charge on any atom is 0.274 e. The zero-order valence-corrected chi connectivity index (χ0v) is 17.5. The maximum absolute atomic E-state index is 14.4. The first-order chi connectivity index (χ1) is 15.3. The molecule has 0 unspecified atom stereocenters. The molecule has 10 heteroatoms. The van der Waals surface area contributed by atoms with Crippen molar-refractivity contribution >= 4 is 5.91 Å². The number of nitrogens with two attached hydrogens (primary N) is 1. The number of imidazole rings is 1. The van der Waals surface area contributed by atoms with Gasteiger partial charge in [0.1, 0.15) is 23.4 Å². The second-order valence-corrected chi connectivity index (χ2v) is 7.50. The molecule has 164 valence electrons. The second-order valence-electron chi connectivity index (χ2n) is 7.50. The summed E-state index contributed by atoms with van der Waals surface area (Å²) in [7, 11) is 1.30. The SMILES string of the molecule is COc1ncc(-n2c(-c3ccc(C#N)c(F)c3)nc(C(=O)N3CC[C@@H](N)C3)c2C)cc1F. The number of amides is 1. The minimum atomic E-state index is -0.727. The van der Waals surface area contributed by atoms with E-state index in [0.717, 1.165) is 6.07 Å². The summed E-state index contributed by atoms with van der Waals surface area (Å²) in [6.45, 7) is 2.58. The molecule has 8 nitrogen and oxygen atoms in total. The lowest BCUT2D eigenvalue weighted by Gasteiger charge is -2.15. The smallest absolute Gasteiger partial charge is 0.274 e. The molecule has 1 aliphatic rings. The molecule has 2 N–H and O–H groups in total. The molecule has 1 fully saturated rings. The van der Waals surface area contributed by atoms with E-state index in [2.05, 4.69) is 9.97 Å². The lowest BCUT2D eigenvalue weighted by atomic mass is 10.1. The number of hydrogen-bond donors (Lipinski definition) is 1. The Morgan fingerprint density at radius 2 is 2.09 bits per heavy atom. The van der Waals surface area contributed by atoms with Crippen molar-refractivity contribution in [2.45, 2.75) is 19.4 Å². The van der Waals surface area contributed by atoms with Crippen LogP contribution in [0.3, 0.4) is 0 Å². The number of halogens is 2. The number of methoxy groups -OCH3 is 1. The summed E-state index contributed by atoms with van der Waals surface area (Å²) >= 11 is 0. The Balaban J connectivity index is 1.89. The Morgan fingerprint density at radius 1 is 1.31 bits per heavy atom. The van der Waals surface area contributed by atoms with Crippen LogP contribution < -0.4 is 10.5 Å². The summed E-state index contributed by atoms with van der Waals surface area (Å²) in [6.07, 6.45) is 2.06. The van der Waals surface area contributed by atoms with Gasteiger partial charge in [0.05, 0.1) is 30.3 Å². The lowest BCUT2D eigenvalue weighted by molar-refractivity contribution is 0.0785. The third-order valence-electron chi connectivity index (χ3n) is 5.41. The van der Waals surface area contributed by atoms with Crippen molar-refractivity contribution < 1.29 is 18.3 Å². The number of benzene rings is 1. The molecule has 0 bridgehead atoms. The Morgan fingerprint density at radius 3 is 2.69 bits per heavy atom. The first kappa shape index (κ1) is 21.4. The highest BCUT2D eigenvalue weighted by Crippen LogP contribution is 2.30. The first-order valence-electron chi connectivity index (χ1n) is 9.88. The van der Waals surface area contributed by atoms with Crippen molar-refractivity contribution in [3.05, 3.63) is 59.0 Å². The quantitative estimate of drug-likeness (QED) is 0.671. The largest absolute Gasteiger partial charge is 0.479 e.